The number of aryl methyl sites for hydroxylation is 1. The molecule has 4 atom stereocenters. The number of nitrogens with zero attached hydrogens (tertiary/aromatic N) is 3. The highest BCUT2D eigenvalue weighted by molar-refractivity contribution is 7.83. The fraction of sp³-hybridized carbons (Fsp3) is 0.417. The van der Waals surface area contributed by atoms with Gasteiger partial charge < -0.3 is 15.2 Å². The molecule has 14 heteroatoms. The number of pyridine rings is 1. The highest BCUT2D eigenvalue weighted by Gasteiger charge is 2.35. The highest BCUT2D eigenvalue weighted by Crippen LogP contribution is 2.38. The third kappa shape index (κ3) is 5.88. The minimum Gasteiger partial charge on any atom is -0.393 e. The highest BCUT2D eigenvalue weighted by atomic mass is 35.5. The molecule has 3 aromatic rings. The van der Waals surface area contributed by atoms with Gasteiger partial charge in [0.25, 0.3) is 0 Å². The number of anilines is 1. The molecule has 4 heterocycles. The molecule has 1 aliphatic carbocycles. The van der Waals surface area contributed by atoms with Crippen LogP contribution < -0.4 is 10.0 Å². The van der Waals surface area contributed by atoms with Gasteiger partial charge in [-0.15, -0.1) is 11.3 Å². The first kappa shape index (κ1) is 27.1. The lowest BCUT2D eigenvalue weighted by Crippen LogP contribution is -2.32. The largest absolute Gasteiger partial charge is 0.393 e. The molecule has 1 fully saturated rings. The predicted octanol–water partition coefficient (Wildman–Crippen LogP) is 2.73. The van der Waals surface area contributed by atoms with E-state index in [1.54, 1.807) is 6.07 Å². The molecule has 1 aliphatic heterocycles. The Morgan fingerprint density at radius 2 is 2.13 bits per heavy atom. The lowest BCUT2D eigenvalue weighted by Gasteiger charge is -2.25. The number of hydrogen-bond donors (Lipinski definition) is 4. The maximum atomic E-state index is 13.6. The van der Waals surface area contributed by atoms with Crippen LogP contribution in [0.2, 0.25) is 5.15 Å². The van der Waals surface area contributed by atoms with Gasteiger partial charge >= 0.3 is 10.3 Å². The number of fused-ring (bicyclic) bond motifs is 1. The monoisotopic (exact) mass is 579 g/mol. The van der Waals surface area contributed by atoms with Gasteiger partial charge in [0.15, 0.2) is 0 Å². The van der Waals surface area contributed by atoms with Gasteiger partial charge in [0.2, 0.25) is 5.78 Å². The van der Waals surface area contributed by atoms with E-state index < -0.39 is 28.4 Å². The molecule has 0 radical (unpaired) electrons. The van der Waals surface area contributed by atoms with Crippen molar-refractivity contribution in [2.45, 2.75) is 44.4 Å². The molecule has 38 heavy (non-hydrogen) atoms. The third-order valence-corrected chi connectivity index (χ3v) is 8.64. The number of rotatable bonds is 8. The molecule has 0 aromatic carbocycles. The number of nitrogens with one attached hydrogen (secondary N) is 2. The van der Waals surface area contributed by atoms with E-state index in [0.717, 1.165) is 28.1 Å². The summed E-state index contributed by atoms with van der Waals surface area (Å²) in [5.41, 5.74) is 2.96. The van der Waals surface area contributed by atoms with Gasteiger partial charge in [-0.05, 0) is 43.9 Å². The second-order valence-electron chi connectivity index (χ2n) is 9.38. The summed E-state index contributed by atoms with van der Waals surface area (Å²) in [4.78, 5) is 27.8. The molecular formula is C24H26ClN5O6S2. The maximum absolute atomic E-state index is 13.6. The minimum absolute atomic E-state index is 0.0998. The van der Waals surface area contributed by atoms with Crippen LogP contribution in [0.4, 0.5) is 5.82 Å². The van der Waals surface area contributed by atoms with Gasteiger partial charge in [0, 0.05) is 35.1 Å². The van der Waals surface area contributed by atoms with E-state index in [-0.39, 0.29) is 23.9 Å². The van der Waals surface area contributed by atoms with E-state index in [1.807, 2.05) is 23.8 Å². The zero-order chi connectivity index (χ0) is 27.0. The summed E-state index contributed by atoms with van der Waals surface area (Å²) in [6, 6.07) is 5.27. The van der Waals surface area contributed by atoms with Gasteiger partial charge in [-0.1, -0.05) is 17.7 Å². The summed E-state index contributed by atoms with van der Waals surface area (Å²) in [5.74, 6) is -0.338. The van der Waals surface area contributed by atoms with Crippen molar-refractivity contribution in [3.63, 3.8) is 0 Å². The number of ketones is 1. The summed E-state index contributed by atoms with van der Waals surface area (Å²) in [7, 11) is -4.35. The Labute approximate surface area is 228 Å². The number of thiophene rings is 1. The average molecular weight is 580 g/mol. The van der Waals surface area contributed by atoms with E-state index in [9.17, 15) is 18.3 Å². The van der Waals surface area contributed by atoms with Crippen LogP contribution in [-0.2, 0) is 21.5 Å². The molecule has 0 amide bonds. The Bertz CT molecular complexity index is 1470. The Kier molecular flexibility index (Phi) is 7.78. The maximum Gasteiger partial charge on any atom is 0.333 e. The molecule has 2 aliphatic rings. The van der Waals surface area contributed by atoms with E-state index in [1.165, 1.54) is 23.9 Å². The summed E-state index contributed by atoms with van der Waals surface area (Å²) in [6.45, 7) is 2.37. The Hall–Kier alpha value is -2.52. The van der Waals surface area contributed by atoms with E-state index >= 15 is 0 Å². The molecule has 0 bridgehead atoms. The van der Waals surface area contributed by atoms with Crippen molar-refractivity contribution in [2.75, 3.05) is 18.5 Å². The van der Waals surface area contributed by atoms with Crippen molar-refractivity contribution in [3.8, 4) is 0 Å². The Balaban J connectivity index is 1.35. The number of aliphatic hydroxyl groups excluding tert-OH is 1. The topological polar surface area (TPSA) is 164 Å². The molecule has 11 nitrogen and oxygen atoms in total. The van der Waals surface area contributed by atoms with Crippen LogP contribution in [-0.4, -0.2) is 64.1 Å². The third-order valence-electron chi connectivity index (χ3n) is 6.83. The molecular weight excluding hydrogens is 554 g/mol. The van der Waals surface area contributed by atoms with Crippen LogP contribution in [0.3, 0.4) is 0 Å². The summed E-state index contributed by atoms with van der Waals surface area (Å²) in [5, 5.41) is 13.9. The van der Waals surface area contributed by atoms with Gasteiger partial charge in [0.1, 0.15) is 23.4 Å². The molecule has 3 aromatic heterocycles. The van der Waals surface area contributed by atoms with Crippen molar-refractivity contribution in [3.05, 3.63) is 68.0 Å². The van der Waals surface area contributed by atoms with Crippen LogP contribution in [0, 0.1) is 12.8 Å². The minimum atomic E-state index is -4.35. The lowest BCUT2D eigenvalue weighted by atomic mass is 9.98. The second kappa shape index (κ2) is 10.9. The summed E-state index contributed by atoms with van der Waals surface area (Å²) >= 11 is 7.50. The van der Waals surface area contributed by atoms with Crippen LogP contribution >= 0.6 is 22.9 Å². The lowest BCUT2D eigenvalue weighted by molar-refractivity contribution is 0.0663. The molecule has 5 rings (SSSR count). The van der Waals surface area contributed by atoms with Crippen molar-refractivity contribution < 1.29 is 27.6 Å². The van der Waals surface area contributed by atoms with E-state index in [2.05, 4.69) is 20.3 Å². The van der Waals surface area contributed by atoms with Crippen LogP contribution in [0.15, 0.2) is 30.7 Å². The van der Waals surface area contributed by atoms with Gasteiger partial charge in [-0.25, -0.2) is 15.0 Å². The predicted molar refractivity (Wildman–Crippen MR) is 141 cm³/mol. The smallest absolute Gasteiger partial charge is 0.333 e. The standard InChI is InChI=1S/C24H26ClN5O6S2/c1-12-16(23-21-13(4-5-36-23)2-3-20(25)30-21)8-19(37-12)22(32)17-10-26-11-27-24(17)29-15-6-14(18(31)7-15)9-28-38(33,34)35/h2-3,8,10-11,14-15,18,23,28,31H,4-7,9H2,1H3,(H,26,27,29)(H,33,34,35)/t14-,15-,18+,23-/m1/s1. The molecule has 1 saturated carbocycles. The van der Waals surface area contributed by atoms with Gasteiger partial charge in [0.05, 0.1) is 28.8 Å². The number of halogens is 1. The first-order chi connectivity index (χ1) is 18.1. The number of carbonyl (C=O) groups excluding carboxylic acids is 1. The number of aromatic nitrogens is 3. The molecule has 4 N–H and O–H groups in total. The zero-order valence-electron chi connectivity index (χ0n) is 20.3. The van der Waals surface area contributed by atoms with E-state index in [0.29, 0.717) is 35.3 Å². The van der Waals surface area contributed by atoms with Crippen molar-refractivity contribution in [2.24, 2.45) is 5.92 Å². The molecule has 202 valence electrons. The number of carbonyl (C=O) groups is 1. The summed E-state index contributed by atoms with van der Waals surface area (Å²) < 4.78 is 39.0. The molecule has 0 unspecified atom stereocenters. The van der Waals surface area contributed by atoms with Crippen LogP contribution in [0.5, 0.6) is 0 Å². The normalized spacial score (nSPS) is 23.3. The first-order valence-electron chi connectivity index (χ1n) is 12.0. The van der Waals surface area contributed by atoms with Gasteiger partial charge in [-0.3, -0.25) is 9.35 Å². The SMILES string of the molecule is Cc1sc(C(=O)c2cncnc2N[C@@H]2C[C@H](CNS(=O)(=O)O)[C@@H](O)C2)cc1[C@H]1OCCc2ccc(Cl)nc21. The molecule has 0 spiro atoms. The Morgan fingerprint density at radius 1 is 1.32 bits per heavy atom. The van der Waals surface area contributed by atoms with Crippen molar-refractivity contribution in [1.29, 1.82) is 0 Å². The number of ether oxygens (including phenoxy) is 1. The average Bonchev–Trinajstić information content (AvgIpc) is 3.43. The zero-order valence-corrected chi connectivity index (χ0v) is 22.7. The van der Waals surface area contributed by atoms with Crippen molar-refractivity contribution >= 4 is 44.8 Å². The van der Waals surface area contributed by atoms with Gasteiger partial charge in [-0.2, -0.15) is 13.1 Å². The fourth-order valence-corrected chi connectivity index (χ4v) is 6.56. The second-order valence-corrected chi connectivity index (χ2v) is 12.3. The fourth-order valence-electron chi connectivity index (χ4n) is 4.98. The quantitative estimate of drug-likeness (QED) is 0.177. The number of aliphatic hydroxyl groups is 1. The van der Waals surface area contributed by atoms with E-state index in [4.69, 9.17) is 20.9 Å². The number of hydrogen-bond acceptors (Lipinski definition) is 10. The van der Waals surface area contributed by atoms with Crippen LogP contribution in [0.1, 0.15) is 55.9 Å². The Morgan fingerprint density at radius 3 is 2.92 bits per heavy atom. The first-order valence-corrected chi connectivity index (χ1v) is 14.6. The summed E-state index contributed by atoms with van der Waals surface area (Å²) in [6.07, 6.45) is 3.05. The van der Waals surface area contributed by atoms with Crippen molar-refractivity contribution in [1.82, 2.24) is 19.7 Å². The molecule has 0 saturated heterocycles. The van der Waals surface area contributed by atoms with Crippen LogP contribution in [0.25, 0.3) is 0 Å².